The van der Waals surface area contributed by atoms with Gasteiger partial charge in [-0.2, -0.15) is 5.26 Å². The predicted octanol–water partition coefficient (Wildman–Crippen LogP) is 4.74. The summed E-state index contributed by atoms with van der Waals surface area (Å²) < 4.78 is 16.0. The third-order valence-corrected chi connectivity index (χ3v) is 5.17. The van der Waals surface area contributed by atoms with Gasteiger partial charge < -0.3 is 24.8 Å². The van der Waals surface area contributed by atoms with Gasteiger partial charge in [-0.25, -0.2) is 4.79 Å². The molecule has 0 unspecified atom stereocenters. The molecule has 0 bridgehead atoms. The number of carbonyl (C=O) groups is 3. The van der Waals surface area contributed by atoms with E-state index in [-0.39, 0.29) is 18.1 Å². The number of ether oxygens (including phenoxy) is 3. The molecule has 0 aliphatic carbocycles. The van der Waals surface area contributed by atoms with Crippen molar-refractivity contribution in [3.63, 3.8) is 0 Å². The summed E-state index contributed by atoms with van der Waals surface area (Å²) >= 11 is 0. The minimum absolute atomic E-state index is 0.143. The number of rotatable bonds is 10. The first-order chi connectivity index (χ1) is 18.3. The molecule has 9 nitrogen and oxygen atoms in total. The molecule has 0 saturated carbocycles. The second-order valence-corrected chi connectivity index (χ2v) is 8.04. The molecule has 0 aliphatic heterocycles. The van der Waals surface area contributed by atoms with Crippen LogP contribution in [0.3, 0.4) is 0 Å². The lowest BCUT2D eigenvalue weighted by Crippen LogP contribution is -2.20. The van der Waals surface area contributed by atoms with Crippen LogP contribution < -0.4 is 20.1 Å². The normalized spacial score (nSPS) is 10.6. The van der Waals surface area contributed by atoms with Crippen molar-refractivity contribution in [1.29, 1.82) is 5.26 Å². The molecule has 0 saturated heterocycles. The lowest BCUT2D eigenvalue weighted by Gasteiger charge is -2.13. The smallest absolute Gasteiger partial charge is 0.337 e. The average molecular weight is 514 g/mol. The highest BCUT2D eigenvalue weighted by Gasteiger charge is 2.13. The zero-order valence-electron chi connectivity index (χ0n) is 21.2. The van der Waals surface area contributed by atoms with E-state index < -0.39 is 11.9 Å². The Morgan fingerprint density at radius 2 is 1.68 bits per heavy atom. The van der Waals surface area contributed by atoms with Gasteiger partial charge in [0.05, 0.1) is 19.3 Å². The highest BCUT2D eigenvalue weighted by atomic mass is 16.5. The minimum Gasteiger partial charge on any atom is -0.490 e. The van der Waals surface area contributed by atoms with Gasteiger partial charge >= 0.3 is 5.97 Å². The Morgan fingerprint density at radius 3 is 2.34 bits per heavy atom. The molecule has 0 aromatic heterocycles. The molecule has 3 rings (SSSR count). The summed E-state index contributed by atoms with van der Waals surface area (Å²) in [5.41, 5.74) is 2.82. The summed E-state index contributed by atoms with van der Waals surface area (Å²) in [6, 6.07) is 20.3. The van der Waals surface area contributed by atoms with Gasteiger partial charge in [-0.05, 0) is 79.6 Å². The summed E-state index contributed by atoms with van der Waals surface area (Å²) in [6.45, 7) is 3.84. The number of hydrogen-bond donors (Lipinski definition) is 2. The number of nitriles is 1. The van der Waals surface area contributed by atoms with Gasteiger partial charge in [-0.1, -0.05) is 18.2 Å². The van der Waals surface area contributed by atoms with Crippen LogP contribution in [0.1, 0.15) is 28.4 Å². The van der Waals surface area contributed by atoms with Gasteiger partial charge in [0.15, 0.2) is 18.1 Å². The van der Waals surface area contributed by atoms with E-state index in [9.17, 15) is 19.6 Å². The maximum absolute atomic E-state index is 12.7. The van der Waals surface area contributed by atoms with Crippen LogP contribution in [0.25, 0.3) is 6.08 Å². The highest BCUT2D eigenvalue weighted by molar-refractivity contribution is 6.09. The van der Waals surface area contributed by atoms with E-state index in [1.54, 1.807) is 31.2 Å². The van der Waals surface area contributed by atoms with Crippen molar-refractivity contribution < 1.29 is 28.6 Å². The number of methoxy groups -OCH3 is 1. The molecule has 0 aliphatic rings. The Balaban J connectivity index is 1.69. The zero-order valence-corrected chi connectivity index (χ0v) is 21.2. The largest absolute Gasteiger partial charge is 0.490 e. The Morgan fingerprint density at radius 1 is 0.921 bits per heavy atom. The standard InChI is InChI=1S/C29H27N3O6/c1-4-37-26-16-20(8-13-25(26)38-18-27(33)31-24-7-5-6-19(2)14-24)15-22(17-30)28(34)32-23-11-9-21(10-12-23)29(35)36-3/h5-16H,4,18H2,1-3H3,(H,31,33)(H,32,34)/b22-15+. The molecular formula is C29H27N3O6. The van der Waals surface area contributed by atoms with Crippen molar-refractivity contribution in [2.75, 3.05) is 31.0 Å². The van der Waals surface area contributed by atoms with Crippen LogP contribution in [0.4, 0.5) is 11.4 Å². The molecule has 38 heavy (non-hydrogen) atoms. The topological polar surface area (TPSA) is 127 Å². The van der Waals surface area contributed by atoms with E-state index in [0.29, 0.717) is 40.6 Å². The maximum Gasteiger partial charge on any atom is 0.337 e. The molecular weight excluding hydrogens is 486 g/mol. The van der Waals surface area contributed by atoms with E-state index in [2.05, 4.69) is 15.4 Å². The van der Waals surface area contributed by atoms with E-state index in [1.165, 1.54) is 37.5 Å². The van der Waals surface area contributed by atoms with Crippen LogP contribution in [0.5, 0.6) is 11.5 Å². The van der Waals surface area contributed by atoms with Crippen LogP contribution >= 0.6 is 0 Å². The van der Waals surface area contributed by atoms with Crippen molar-refractivity contribution >= 4 is 35.2 Å². The number of nitrogens with one attached hydrogen (secondary N) is 2. The minimum atomic E-state index is -0.621. The molecule has 3 aromatic carbocycles. The summed E-state index contributed by atoms with van der Waals surface area (Å²) in [7, 11) is 1.28. The number of esters is 1. The van der Waals surface area contributed by atoms with Crippen molar-refractivity contribution in [2.24, 2.45) is 0 Å². The van der Waals surface area contributed by atoms with E-state index in [4.69, 9.17) is 9.47 Å². The number of benzene rings is 3. The molecule has 2 amide bonds. The summed E-state index contributed by atoms with van der Waals surface area (Å²) in [4.78, 5) is 36.5. The summed E-state index contributed by atoms with van der Waals surface area (Å²) in [6.07, 6.45) is 1.41. The van der Waals surface area contributed by atoms with E-state index >= 15 is 0 Å². The Labute approximate surface area is 220 Å². The number of aryl methyl sites for hydroxylation is 1. The zero-order chi connectivity index (χ0) is 27.5. The molecule has 0 heterocycles. The predicted molar refractivity (Wildman–Crippen MR) is 143 cm³/mol. The monoisotopic (exact) mass is 513 g/mol. The van der Waals surface area contributed by atoms with Crippen LogP contribution in [-0.4, -0.2) is 38.1 Å². The SMILES string of the molecule is CCOc1cc(/C=C(\C#N)C(=O)Nc2ccc(C(=O)OC)cc2)ccc1OCC(=O)Nc1cccc(C)c1. The third-order valence-electron chi connectivity index (χ3n) is 5.17. The van der Waals surface area contributed by atoms with Gasteiger partial charge in [0.25, 0.3) is 11.8 Å². The lowest BCUT2D eigenvalue weighted by atomic mass is 10.1. The number of carbonyl (C=O) groups excluding carboxylic acids is 3. The fourth-order valence-electron chi connectivity index (χ4n) is 3.39. The van der Waals surface area contributed by atoms with Crippen molar-refractivity contribution in [3.8, 4) is 17.6 Å². The number of nitrogens with zero attached hydrogens (tertiary/aromatic N) is 1. The van der Waals surface area contributed by atoms with Gasteiger partial charge in [-0.3, -0.25) is 9.59 Å². The Bertz CT molecular complexity index is 1390. The lowest BCUT2D eigenvalue weighted by molar-refractivity contribution is -0.118. The molecule has 0 spiro atoms. The van der Waals surface area contributed by atoms with Gasteiger partial charge in [0.1, 0.15) is 11.6 Å². The van der Waals surface area contributed by atoms with E-state index in [0.717, 1.165) is 5.56 Å². The summed E-state index contributed by atoms with van der Waals surface area (Å²) in [5.74, 6) is -0.739. The molecule has 0 atom stereocenters. The first-order valence-corrected chi connectivity index (χ1v) is 11.7. The van der Waals surface area contributed by atoms with Crippen LogP contribution in [0.2, 0.25) is 0 Å². The van der Waals surface area contributed by atoms with Crippen molar-refractivity contribution in [1.82, 2.24) is 0 Å². The Hall–Kier alpha value is -5.10. The highest BCUT2D eigenvalue weighted by Crippen LogP contribution is 2.29. The quantitative estimate of drug-likeness (QED) is 0.228. The molecule has 9 heteroatoms. The fourth-order valence-corrected chi connectivity index (χ4v) is 3.39. The number of anilines is 2. The summed E-state index contributed by atoms with van der Waals surface area (Å²) in [5, 5.41) is 15.0. The van der Waals surface area contributed by atoms with Crippen LogP contribution in [0, 0.1) is 18.3 Å². The molecule has 194 valence electrons. The van der Waals surface area contributed by atoms with Gasteiger partial charge in [0.2, 0.25) is 0 Å². The molecule has 2 N–H and O–H groups in total. The van der Waals surface area contributed by atoms with Crippen LogP contribution in [0.15, 0.2) is 72.3 Å². The number of amides is 2. The Kier molecular flexibility index (Phi) is 9.60. The van der Waals surface area contributed by atoms with Crippen LogP contribution in [-0.2, 0) is 14.3 Å². The molecule has 0 fully saturated rings. The number of hydrogen-bond acceptors (Lipinski definition) is 7. The molecule has 0 radical (unpaired) electrons. The second-order valence-electron chi connectivity index (χ2n) is 8.04. The fraction of sp³-hybridized carbons (Fsp3) is 0.172. The molecule has 3 aromatic rings. The van der Waals surface area contributed by atoms with E-state index in [1.807, 2.05) is 31.2 Å². The second kappa shape index (κ2) is 13.3. The van der Waals surface area contributed by atoms with Gasteiger partial charge in [-0.15, -0.1) is 0 Å². The first-order valence-electron chi connectivity index (χ1n) is 11.7. The average Bonchev–Trinajstić information content (AvgIpc) is 2.91. The van der Waals surface area contributed by atoms with Crippen molar-refractivity contribution in [2.45, 2.75) is 13.8 Å². The van der Waals surface area contributed by atoms with Gasteiger partial charge in [0, 0.05) is 11.4 Å². The first kappa shape index (κ1) is 27.5. The maximum atomic E-state index is 12.7. The van der Waals surface area contributed by atoms with Crippen molar-refractivity contribution in [3.05, 3.63) is 89.0 Å². The third kappa shape index (κ3) is 7.70.